The quantitative estimate of drug-likeness (QED) is 0.863. The largest absolute Gasteiger partial charge is 0.466 e. The Bertz CT molecular complexity index is 437. The van der Waals surface area contributed by atoms with Gasteiger partial charge in [0.25, 0.3) is 0 Å². The average molecular weight is 292 g/mol. The lowest BCUT2D eigenvalue weighted by Gasteiger charge is -2.23. The summed E-state index contributed by atoms with van der Waals surface area (Å²) in [7, 11) is 5.59. The molecule has 2 N–H and O–H groups in total. The van der Waals surface area contributed by atoms with Crippen LogP contribution in [0.5, 0.6) is 5.88 Å². The number of hydrogen-bond donors (Lipinski definition) is 1. The molecule has 0 fully saturated rings. The number of hydrogen-bond acceptors (Lipinski definition) is 5. The number of nitrogens with zero attached hydrogens (tertiary/aromatic N) is 3. The zero-order valence-corrected chi connectivity index (χ0v) is 11.7. The molecule has 0 bridgehead atoms. The van der Waals surface area contributed by atoms with Crippen LogP contribution in [0.1, 0.15) is 0 Å². The molecular formula is C12H19F3N4O. The predicted molar refractivity (Wildman–Crippen MR) is 72.0 cm³/mol. The van der Waals surface area contributed by atoms with Gasteiger partial charge in [-0.25, -0.2) is 0 Å². The van der Waals surface area contributed by atoms with Crippen LogP contribution in [0.2, 0.25) is 0 Å². The minimum Gasteiger partial charge on any atom is -0.466 e. The molecule has 0 atom stereocenters. The van der Waals surface area contributed by atoms with Crippen LogP contribution >= 0.6 is 0 Å². The van der Waals surface area contributed by atoms with Crippen LogP contribution in [0.15, 0.2) is 12.1 Å². The van der Waals surface area contributed by atoms with Gasteiger partial charge in [0, 0.05) is 20.1 Å². The fourth-order valence-corrected chi connectivity index (χ4v) is 1.46. The van der Waals surface area contributed by atoms with Crippen molar-refractivity contribution in [1.82, 2.24) is 9.88 Å². The maximum atomic E-state index is 12.2. The van der Waals surface area contributed by atoms with Crippen molar-refractivity contribution in [1.29, 1.82) is 0 Å². The minimum atomic E-state index is -4.41. The highest BCUT2D eigenvalue weighted by atomic mass is 19.4. The number of anilines is 2. The molecule has 8 heteroatoms. The Labute approximate surface area is 116 Å². The highest BCUT2D eigenvalue weighted by Gasteiger charge is 2.29. The lowest BCUT2D eigenvalue weighted by atomic mass is 10.3. The number of likely N-dealkylation sites (N-methyl/N-ethyl adjacent to an activating group) is 2. The molecule has 1 aromatic heterocycles. The fourth-order valence-electron chi connectivity index (χ4n) is 1.46. The molecule has 0 aliphatic heterocycles. The lowest BCUT2D eigenvalue weighted by molar-refractivity contribution is -0.154. The van der Waals surface area contributed by atoms with Gasteiger partial charge in [-0.15, -0.1) is 0 Å². The highest BCUT2D eigenvalue weighted by molar-refractivity contribution is 5.57. The number of rotatable bonds is 6. The summed E-state index contributed by atoms with van der Waals surface area (Å²) in [5, 5.41) is 0. The van der Waals surface area contributed by atoms with Crippen molar-refractivity contribution in [2.75, 3.05) is 51.5 Å². The Kier molecular flexibility index (Phi) is 5.43. The third-order valence-corrected chi connectivity index (χ3v) is 2.53. The molecule has 0 saturated carbocycles. The van der Waals surface area contributed by atoms with E-state index in [4.69, 9.17) is 10.5 Å². The van der Waals surface area contributed by atoms with E-state index in [9.17, 15) is 13.2 Å². The molecule has 0 saturated heterocycles. The van der Waals surface area contributed by atoms with Crippen LogP contribution < -0.4 is 15.4 Å². The van der Waals surface area contributed by atoms with Gasteiger partial charge >= 0.3 is 6.18 Å². The topological polar surface area (TPSA) is 54.6 Å². The summed E-state index contributed by atoms with van der Waals surface area (Å²) >= 11 is 0. The molecule has 20 heavy (non-hydrogen) atoms. The Morgan fingerprint density at radius 2 is 1.85 bits per heavy atom. The number of nitrogens with two attached hydrogens (primary N) is 1. The number of aromatic nitrogens is 1. The molecule has 1 heterocycles. The summed E-state index contributed by atoms with van der Waals surface area (Å²) in [6.07, 6.45) is -4.41. The number of alkyl halides is 3. The van der Waals surface area contributed by atoms with Crippen molar-refractivity contribution < 1.29 is 17.9 Å². The van der Waals surface area contributed by atoms with E-state index in [0.29, 0.717) is 12.2 Å². The third kappa shape index (κ3) is 5.52. The Morgan fingerprint density at radius 3 is 2.40 bits per heavy atom. The standard InChI is InChI=1S/C12H19F3N4O/c1-18(2)6-7-19(3)9-4-5-10(16)17-11(9)20-8-12(13,14)15/h4-5H,6-8H2,1-3H3,(H2,16,17). The molecule has 1 rings (SSSR count). The zero-order valence-electron chi connectivity index (χ0n) is 11.7. The first kappa shape index (κ1) is 16.4. The number of halogens is 3. The number of nitrogen functional groups attached to an aromatic ring is 1. The van der Waals surface area contributed by atoms with Crippen molar-refractivity contribution in [2.45, 2.75) is 6.18 Å². The molecule has 0 radical (unpaired) electrons. The third-order valence-electron chi connectivity index (χ3n) is 2.53. The minimum absolute atomic E-state index is 0.108. The number of pyridine rings is 1. The molecule has 0 aliphatic rings. The van der Waals surface area contributed by atoms with Crippen molar-refractivity contribution >= 4 is 11.5 Å². The first-order chi connectivity index (χ1) is 9.19. The van der Waals surface area contributed by atoms with Crippen LogP contribution in [0.3, 0.4) is 0 Å². The van der Waals surface area contributed by atoms with E-state index in [1.165, 1.54) is 6.07 Å². The fraction of sp³-hybridized carbons (Fsp3) is 0.583. The van der Waals surface area contributed by atoms with Crippen LogP contribution in [0.4, 0.5) is 24.7 Å². The van der Waals surface area contributed by atoms with E-state index in [1.807, 2.05) is 19.0 Å². The van der Waals surface area contributed by atoms with Crippen LogP contribution in [-0.2, 0) is 0 Å². The lowest BCUT2D eigenvalue weighted by Crippen LogP contribution is -2.29. The van der Waals surface area contributed by atoms with E-state index in [0.717, 1.165) is 6.54 Å². The van der Waals surface area contributed by atoms with Crippen molar-refractivity contribution in [3.63, 3.8) is 0 Å². The van der Waals surface area contributed by atoms with E-state index in [-0.39, 0.29) is 11.7 Å². The van der Waals surface area contributed by atoms with Crippen LogP contribution in [-0.4, -0.2) is 56.9 Å². The second-order valence-corrected chi connectivity index (χ2v) is 4.69. The number of ether oxygens (including phenoxy) is 1. The van der Waals surface area contributed by atoms with Gasteiger partial charge in [-0.2, -0.15) is 18.2 Å². The summed E-state index contributed by atoms with van der Waals surface area (Å²) in [5.74, 6) is 0.00974. The molecule has 0 amide bonds. The smallest absolute Gasteiger partial charge is 0.422 e. The van der Waals surface area contributed by atoms with Gasteiger partial charge in [0.15, 0.2) is 6.61 Å². The molecule has 114 valence electrons. The molecule has 0 aromatic carbocycles. The van der Waals surface area contributed by atoms with Gasteiger partial charge in [-0.3, -0.25) is 0 Å². The first-order valence-electron chi connectivity index (χ1n) is 6.01. The van der Waals surface area contributed by atoms with Crippen LogP contribution in [0.25, 0.3) is 0 Å². The van der Waals surface area contributed by atoms with Gasteiger partial charge in [0.1, 0.15) is 5.82 Å². The van der Waals surface area contributed by atoms with Crippen LogP contribution in [0, 0.1) is 0 Å². The Hall–Kier alpha value is -1.70. The normalized spacial score (nSPS) is 11.8. The van der Waals surface area contributed by atoms with Gasteiger partial charge in [0.05, 0.1) is 5.69 Å². The maximum absolute atomic E-state index is 12.2. The predicted octanol–water partition coefficient (Wildman–Crippen LogP) is 1.60. The van der Waals surface area contributed by atoms with Gasteiger partial charge < -0.3 is 20.3 Å². The summed E-state index contributed by atoms with van der Waals surface area (Å²) in [6.45, 7) is -0.0153. The van der Waals surface area contributed by atoms with Crippen molar-refractivity contribution in [3.05, 3.63) is 12.1 Å². The van der Waals surface area contributed by atoms with E-state index < -0.39 is 12.8 Å². The van der Waals surface area contributed by atoms with Gasteiger partial charge in [-0.05, 0) is 26.2 Å². The second kappa shape index (κ2) is 6.65. The molecular weight excluding hydrogens is 273 g/mol. The molecule has 0 aliphatic carbocycles. The average Bonchev–Trinajstić information content (AvgIpc) is 2.32. The van der Waals surface area contributed by atoms with E-state index >= 15 is 0 Å². The Balaban J connectivity index is 2.83. The molecule has 1 aromatic rings. The monoisotopic (exact) mass is 292 g/mol. The second-order valence-electron chi connectivity index (χ2n) is 4.69. The summed E-state index contributed by atoms with van der Waals surface area (Å²) in [6, 6.07) is 3.13. The van der Waals surface area contributed by atoms with Gasteiger partial charge in [-0.1, -0.05) is 0 Å². The van der Waals surface area contributed by atoms with E-state index in [1.54, 1.807) is 18.0 Å². The van der Waals surface area contributed by atoms with E-state index in [2.05, 4.69) is 4.98 Å². The van der Waals surface area contributed by atoms with Crippen molar-refractivity contribution in [3.8, 4) is 5.88 Å². The summed E-state index contributed by atoms with van der Waals surface area (Å²) in [4.78, 5) is 7.57. The summed E-state index contributed by atoms with van der Waals surface area (Å²) < 4.78 is 41.4. The molecule has 0 unspecified atom stereocenters. The Morgan fingerprint density at radius 1 is 1.20 bits per heavy atom. The molecule has 5 nitrogen and oxygen atoms in total. The first-order valence-corrected chi connectivity index (χ1v) is 6.01. The SMILES string of the molecule is CN(C)CCN(C)c1ccc(N)nc1OCC(F)(F)F. The maximum Gasteiger partial charge on any atom is 0.422 e. The van der Waals surface area contributed by atoms with Gasteiger partial charge in [0.2, 0.25) is 5.88 Å². The van der Waals surface area contributed by atoms with Crippen molar-refractivity contribution in [2.24, 2.45) is 0 Å². The zero-order chi connectivity index (χ0) is 15.3. The highest BCUT2D eigenvalue weighted by Crippen LogP contribution is 2.28. The summed E-state index contributed by atoms with van der Waals surface area (Å²) in [5.41, 5.74) is 5.97. The molecule has 0 spiro atoms.